The average Bonchev–Trinajstić information content (AvgIpc) is 3.64. The number of rotatable bonds is 5. The summed E-state index contributed by atoms with van der Waals surface area (Å²) in [5.41, 5.74) is 5.57. The number of nitrogens with one attached hydrogen (secondary N) is 2. The Hall–Kier alpha value is -5.02. The lowest BCUT2D eigenvalue weighted by atomic mass is 9.96. The predicted octanol–water partition coefficient (Wildman–Crippen LogP) is 6.50. The Morgan fingerprint density at radius 2 is 1.02 bits per heavy atom. The quantitative estimate of drug-likeness (QED) is 0.108. The number of hydrogen-bond acceptors (Lipinski definition) is 14. The first kappa shape index (κ1) is 54.3. The van der Waals surface area contributed by atoms with Gasteiger partial charge in [0.05, 0.1) is 50.5 Å². The number of benzene rings is 3. The van der Waals surface area contributed by atoms with Gasteiger partial charge in [0.1, 0.15) is 49.3 Å². The zero-order chi connectivity index (χ0) is 44.3. The molecule has 20 heteroatoms. The van der Waals surface area contributed by atoms with Gasteiger partial charge in [0.15, 0.2) is 0 Å². The molecular formula is C45H62N4O13S3. The van der Waals surface area contributed by atoms with E-state index in [2.05, 4.69) is 17.0 Å². The van der Waals surface area contributed by atoms with Crippen molar-refractivity contribution in [1.82, 2.24) is 20.6 Å². The normalized spacial score (nSPS) is 19.3. The lowest BCUT2D eigenvalue weighted by Gasteiger charge is -2.31. The molecule has 0 saturated heterocycles. The highest BCUT2D eigenvalue weighted by Gasteiger charge is 2.32. The molecule has 65 heavy (non-hydrogen) atoms. The number of fused-ring (bicyclic) bond motifs is 3. The summed E-state index contributed by atoms with van der Waals surface area (Å²) in [4.78, 5) is 62.5. The van der Waals surface area contributed by atoms with Crippen molar-refractivity contribution in [2.45, 2.75) is 109 Å². The Bertz CT molecular complexity index is 2000. The molecule has 8 rings (SSSR count). The van der Waals surface area contributed by atoms with Crippen LogP contribution in [0.3, 0.4) is 0 Å². The Kier molecular flexibility index (Phi) is 21.4. The molecule has 3 atom stereocenters. The number of hydroxylamine groups is 1. The van der Waals surface area contributed by atoms with E-state index in [0.717, 1.165) is 67.5 Å². The number of methoxy groups -OCH3 is 2. The van der Waals surface area contributed by atoms with Crippen LogP contribution in [0.25, 0.3) is 0 Å². The second-order valence-corrected chi connectivity index (χ2v) is 15.9. The van der Waals surface area contributed by atoms with Crippen molar-refractivity contribution in [3.05, 3.63) is 88.0 Å². The summed E-state index contributed by atoms with van der Waals surface area (Å²) in [5.74, 6) is 0.567. The Labute approximate surface area is 400 Å². The lowest BCUT2D eigenvalue weighted by molar-refractivity contribution is 0.0151. The Morgan fingerprint density at radius 1 is 0.615 bits per heavy atom. The third kappa shape index (κ3) is 14.2. The molecule has 17 nitrogen and oxygen atoms in total. The van der Waals surface area contributed by atoms with Gasteiger partial charge in [-0.3, -0.25) is 19.8 Å². The van der Waals surface area contributed by atoms with E-state index < -0.39 is 11.9 Å². The Morgan fingerprint density at radius 3 is 1.43 bits per heavy atom. The van der Waals surface area contributed by atoms with Gasteiger partial charge in [-0.1, -0.05) is 18.2 Å². The maximum absolute atomic E-state index is 12.4. The number of esters is 2. The minimum absolute atomic E-state index is 0. The highest BCUT2D eigenvalue weighted by Crippen LogP contribution is 2.31. The molecule has 2 saturated carbocycles. The zero-order valence-corrected chi connectivity index (χ0v) is 40.3. The molecule has 3 aliphatic heterocycles. The van der Waals surface area contributed by atoms with Gasteiger partial charge in [0, 0.05) is 34.8 Å². The van der Waals surface area contributed by atoms with Crippen LogP contribution in [-0.4, -0.2) is 109 Å². The first-order valence-corrected chi connectivity index (χ1v) is 20.9. The van der Waals surface area contributed by atoms with Crippen molar-refractivity contribution in [2.24, 2.45) is 0 Å². The molecule has 0 aromatic heterocycles. The summed E-state index contributed by atoms with van der Waals surface area (Å²) in [6, 6.07) is 15.5. The standard InChI is InChI=1S/C17H21NO5.C16H20N2O5.C12H15NO3.3H2S/c1-11-10-22-15-8-12(16(19)21-2)6-7-13(15)9-18(11)17(20)23-14-4-3-5-14;1-10-9-22-14-7-11(15(19)17-21)5-6-12(14)8-18(10)16(20)23-13-3-2-4-13;1-8-7-16-11-5-9(12(14)15-2)3-4-10(11)6-13-8;;;/h6-8,11,14H,3-5,9-10H2,1-2H3;5-7,10,13,21H,2-4,8-9H2,1H3,(H,17,19);3-5,8,13H,6-7H2,1-2H3;3*1H2/t11-;10-;8-;;;/m000.../s1. The molecule has 0 bridgehead atoms. The molecule has 3 aromatic carbocycles. The predicted molar refractivity (Wildman–Crippen MR) is 253 cm³/mol. The van der Waals surface area contributed by atoms with E-state index in [4.69, 9.17) is 33.6 Å². The molecule has 0 radical (unpaired) electrons. The van der Waals surface area contributed by atoms with Gasteiger partial charge in [-0.25, -0.2) is 24.7 Å². The minimum atomic E-state index is -0.602. The van der Waals surface area contributed by atoms with Crippen molar-refractivity contribution in [1.29, 1.82) is 0 Å². The van der Waals surface area contributed by atoms with Crippen LogP contribution in [-0.2, 0) is 38.6 Å². The maximum Gasteiger partial charge on any atom is 0.410 e. The fourth-order valence-corrected chi connectivity index (χ4v) is 6.89. The largest absolute Gasteiger partial charge is 0.492 e. The number of ether oxygens (including phenoxy) is 7. The molecule has 2 fully saturated rings. The smallest absolute Gasteiger partial charge is 0.410 e. The summed E-state index contributed by atoms with van der Waals surface area (Å²) in [5, 5.41) is 12.0. The monoisotopic (exact) mass is 962 g/mol. The molecule has 5 aliphatic rings. The highest BCUT2D eigenvalue weighted by atomic mass is 32.1. The Balaban J connectivity index is 0.000000258. The van der Waals surface area contributed by atoms with E-state index >= 15 is 0 Å². The van der Waals surface area contributed by atoms with Gasteiger partial charge >= 0.3 is 24.1 Å². The number of hydrogen-bond donors (Lipinski definition) is 3. The second kappa shape index (κ2) is 25.6. The van der Waals surface area contributed by atoms with Gasteiger partial charge in [0.25, 0.3) is 5.91 Å². The van der Waals surface area contributed by atoms with Gasteiger partial charge in [0.2, 0.25) is 0 Å². The van der Waals surface area contributed by atoms with Crippen LogP contribution in [0.4, 0.5) is 9.59 Å². The van der Waals surface area contributed by atoms with Crippen molar-refractivity contribution in [2.75, 3.05) is 34.0 Å². The van der Waals surface area contributed by atoms with Crippen molar-refractivity contribution in [3.8, 4) is 17.2 Å². The molecule has 3 N–H and O–H groups in total. The third-order valence-corrected chi connectivity index (χ3v) is 11.4. The van der Waals surface area contributed by atoms with Gasteiger partial charge in [-0.2, -0.15) is 40.5 Å². The maximum atomic E-state index is 12.4. The van der Waals surface area contributed by atoms with E-state index in [-0.39, 0.29) is 82.9 Å². The fourth-order valence-electron chi connectivity index (χ4n) is 6.89. The molecule has 3 aromatic rings. The number of carbonyl (C=O) groups excluding carboxylic acids is 5. The molecule has 3 heterocycles. The molecule has 0 unspecified atom stereocenters. The lowest BCUT2D eigenvalue weighted by Crippen LogP contribution is -2.42. The molecule has 0 spiro atoms. The first-order chi connectivity index (χ1) is 29.9. The van der Waals surface area contributed by atoms with Crippen LogP contribution in [0, 0.1) is 0 Å². The van der Waals surface area contributed by atoms with Gasteiger partial charge in [-0.15, -0.1) is 0 Å². The third-order valence-electron chi connectivity index (χ3n) is 11.4. The second-order valence-electron chi connectivity index (χ2n) is 15.9. The first-order valence-electron chi connectivity index (χ1n) is 20.9. The van der Waals surface area contributed by atoms with Crippen molar-refractivity contribution < 1.29 is 62.3 Å². The SMILES string of the molecule is COC(=O)c1ccc2c(c1)OC[C@H](C)N(C(=O)OC1CCC1)C2.COC(=O)c1ccc2c(c1)OC[C@H](C)NC2.C[C@H]1COc2cc(C(=O)NO)ccc2CN1C(=O)OC1CCC1.S.S.S. The molecule has 358 valence electrons. The average molecular weight is 963 g/mol. The van der Waals surface area contributed by atoms with E-state index in [0.29, 0.717) is 67.1 Å². The molecular weight excluding hydrogens is 901 g/mol. The fraction of sp³-hybridized carbons (Fsp3) is 0.489. The van der Waals surface area contributed by atoms with Crippen molar-refractivity contribution in [3.63, 3.8) is 0 Å². The van der Waals surface area contributed by atoms with Crippen LogP contribution in [0.1, 0.15) is 107 Å². The van der Waals surface area contributed by atoms with Crippen LogP contribution in [0.5, 0.6) is 17.2 Å². The minimum Gasteiger partial charge on any atom is -0.492 e. The summed E-state index contributed by atoms with van der Waals surface area (Å²) >= 11 is 0. The van der Waals surface area contributed by atoms with Crippen LogP contribution < -0.4 is 25.0 Å². The van der Waals surface area contributed by atoms with Crippen LogP contribution in [0.2, 0.25) is 0 Å². The zero-order valence-electron chi connectivity index (χ0n) is 37.3. The summed E-state index contributed by atoms with van der Waals surface area (Å²) in [6.45, 7) is 8.70. The van der Waals surface area contributed by atoms with Gasteiger partial charge in [-0.05, 0) is 95.7 Å². The number of amides is 3. The molecule has 2 aliphatic carbocycles. The number of carbonyl (C=O) groups is 5. The van der Waals surface area contributed by atoms with Crippen LogP contribution >= 0.6 is 40.5 Å². The van der Waals surface area contributed by atoms with E-state index in [1.807, 2.05) is 19.9 Å². The highest BCUT2D eigenvalue weighted by molar-refractivity contribution is 7.59. The summed E-state index contributed by atoms with van der Waals surface area (Å²) in [6.07, 6.45) is 5.46. The molecule has 3 amide bonds. The van der Waals surface area contributed by atoms with E-state index in [1.165, 1.54) is 14.2 Å². The summed E-state index contributed by atoms with van der Waals surface area (Å²) < 4.78 is 37.5. The van der Waals surface area contributed by atoms with Crippen LogP contribution in [0.15, 0.2) is 54.6 Å². The summed E-state index contributed by atoms with van der Waals surface area (Å²) in [7, 11) is 2.72. The topological polar surface area (TPSA) is 201 Å². The number of nitrogens with zero attached hydrogens (tertiary/aromatic N) is 2. The van der Waals surface area contributed by atoms with Gasteiger partial charge < -0.3 is 38.5 Å². The van der Waals surface area contributed by atoms with E-state index in [9.17, 15) is 24.0 Å². The van der Waals surface area contributed by atoms with E-state index in [1.54, 1.807) is 63.8 Å². The van der Waals surface area contributed by atoms with Crippen molar-refractivity contribution >= 4 is 70.5 Å².